The molecule has 17 heavy (non-hydrogen) atoms. The molecule has 6 heteroatoms. The lowest BCUT2D eigenvalue weighted by Gasteiger charge is -2.25. The van der Waals surface area contributed by atoms with E-state index in [2.05, 4.69) is 0 Å². The fourth-order valence-corrected chi connectivity index (χ4v) is 2.04. The van der Waals surface area contributed by atoms with Crippen LogP contribution in [-0.4, -0.2) is 35.0 Å². The molecule has 0 N–H and O–H groups in total. The summed E-state index contributed by atoms with van der Waals surface area (Å²) in [4.78, 5) is 0.106. The van der Waals surface area contributed by atoms with E-state index < -0.39 is 15.9 Å². The van der Waals surface area contributed by atoms with Crippen LogP contribution in [0, 0.1) is 0 Å². The summed E-state index contributed by atoms with van der Waals surface area (Å²) in [6.07, 6.45) is 0. The zero-order valence-electron chi connectivity index (χ0n) is 10.0. The number of rotatable bonds is 6. The average Bonchev–Trinajstić information content (AvgIpc) is 2.37. The maximum absolute atomic E-state index is 11.8. The van der Waals surface area contributed by atoms with Crippen LogP contribution in [0.4, 0.5) is 0 Å². The van der Waals surface area contributed by atoms with Crippen LogP contribution in [0.2, 0.25) is 0 Å². The molecular weight excluding hydrogens is 244 g/mol. The molecule has 0 atom stereocenters. The smallest absolute Gasteiger partial charge is 0.297 e. The molecular formula is C11H16O5S. The van der Waals surface area contributed by atoms with Crippen LogP contribution in [0.3, 0.4) is 0 Å². The average molecular weight is 260 g/mol. The lowest BCUT2D eigenvalue weighted by atomic mass is 10.3. The van der Waals surface area contributed by atoms with E-state index in [1.807, 2.05) is 0 Å². The van der Waals surface area contributed by atoms with Crippen molar-refractivity contribution in [1.82, 2.24) is 0 Å². The summed E-state index contributed by atoms with van der Waals surface area (Å²) < 4.78 is 38.5. The van der Waals surface area contributed by atoms with Gasteiger partial charge in [0.05, 0.1) is 4.90 Å². The normalized spacial score (nSPS) is 12.6. The Hall–Kier alpha value is -0.950. The first-order chi connectivity index (χ1) is 7.93. The minimum atomic E-state index is -3.77. The largest absolute Gasteiger partial charge is 0.351 e. The van der Waals surface area contributed by atoms with Crippen molar-refractivity contribution in [2.75, 3.05) is 20.8 Å². The molecule has 0 radical (unpaired) electrons. The lowest BCUT2D eigenvalue weighted by Crippen LogP contribution is -2.36. The third-order valence-electron chi connectivity index (χ3n) is 2.37. The Kier molecular flexibility index (Phi) is 4.64. The predicted octanol–water partition coefficient (Wildman–Crippen LogP) is 1.40. The summed E-state index contributed by atoms with van der Waals surface area (Å²) in [7, 11) is -0.936. The summed E-state index contributed by atoms with van der Waals surface area (Å²) in [5.41, 5.74) is 0. The first-order valence-electron chi connectivity index (χ1n) is 4.98. The summed E-state index contributed by atoms with van der Waals surface area (Å²) in [6, 6.07) is 7.91. The SMILES string of the molecule is COC(C)(COS(=O)(=O)c1ccccc1)OC. The molecule has 0 aliphatic rings. The van der Waals surface area contributed by atoms with Gasteiger partial charge in [0.25, 0.3) is 10.1 Å². The van der Waals surface area contributed by atoms with Gasteiger partial charge in [-0.05, 0) is 19.1 Å². The van der Waals surface area contributed by atoms with Crippen molar-refractivity contribution in [3.05, 3.63) is 30.3 Å². The summed E-state index contributed by atoms with van der Waals surface area (Å²) in [5, 5.41) is 0. The fraction of sp³-hybridized carbons (Fsp3) is 0.455. The molecule has 5 nitrogen and oxygen atoms in total. The van der Waals surface area contributed by atoms with E-state index in [1.165, 1.54) is 26.4 Å². The van der Waals surface area contributed by atoms with E-state index >= 15 is 0 Å². The summed E-state index contributed by atoms with van der Waals surface area (Å²) >= 11 is 0. The maximum Gasteiger partial charge on any atom is 0.297 e. The van der Waals surface area contributed by atoms with E-state index in [0.29, 0.717) is 0 Å². The van der Waals surface area contributed by atoms with Gasteiger partial charge >= 0.3 is 0 Å². The molecule has 0 spiro atoms. The molecule has 0 aliphatic carbocycles. The van der Waals surface area contributed by atoms with Gasteiger partial charge in [0.1, 0.15) is 6.61 Å². The standard InChI is InChI=1S/C11H16O5S/c1-11(14-2,15-3)9-16-17(12,13)10-7-5-4-6-8-10/h4-8H,9H2,1-3H3. The number of hydrogen-bond acceptors (Lipinski definition) is 5. The van der Waals surface area contributed by atoms with Gasteiger partial charge in [-0.25, -0.2) is 0 Å². The second-order valence-electron chi connectivity index (χ2n) is 3.57. The van der Waals surface area contributed by atoms with Crippen LogP contribution in [-0.2, 0) is 23.8 Å². The molecule has 0 saturated heterocycles. The van der Waals surface area contributed by atoms with Gasteiger partial charge in [-0.1, -0.05) is 18.2 Å². The molecule has 0 aliphatic heterocycles. The highest BCUT2D eigenvalue weighted by Gasteiger charge is 2.27. The molecule has 96 valence electrons. The van der Waals surface area contributed by atoms with Crippen molar-refractivity contribution in [2.24, 2.45) is 0 Å². The van der Waals surface area contributed by atoms with Crippen molar-refractivity contribution >= 4 is 10.1 Å². The topological polar surface area (TPSA) is 61.8 Å². The summed E-state index contributed by atoms with van der Waals surface area (Å²) in [5.74, 6) is -1.08. The Morgan fingerprint density at radius 2 is 1.65 bits per heavy atom. The number of benzene rings is 1. The first kappa shape index (κ1) is 14.1. The zero-order chi connectivity index (χ0) is 12.9. The quantitative estimate of drug-likeness (QED) is 0.571. The van der Waals surface area contributed by atoms with Crippen LogP contribution >= 0.6 is 0 Å². The van der Waals surface area contributed by atoms with Crippen LogP contribution in [0.15, 0.2) is 35.2 Å². The third-order valence-corrected chi connectivity index (χ3v) is 3.65. The molecule has 1 aromatic carbocycles. The Morgan fingerprint density at radius 3 is 2.12 bits per heavy atom. The van der Waals surface area contributed by atoms with Gasteiger partial charge in [-0.15, -0.1) is 0 Å². The van der Waals surface area contributed by atoms with Crippen molar-refractivity contribution in [3.63, 3.8) is 0 Å². The second kappa shape index (κ2) is 5.59. The van der Waals surface area contributed by atoms with Crippen LogP contribution < -0.4 is 0 Å². The Bertz CT molecular complexity index is 436. The minimum absolute atomic E-state index is 0.106. The van der Waals surface area contributed by atoms with Crippen LogP contribution in [0.1, 0.15) is 6.92 Å². The van der Waals surface area contributed by atoms with Crippen molar-refractivity contribution in [3.8, 4) is 0 Å². The van der Waals surface area contributed by atoms with Gasteiger partial charge in [-0.3, -0.25) is 4.18 Å². The zero-order valence-corrected chi connectivity index (χ0v) is 10.9. The number of hydrogen-bond donors (Lipinski definition) is 0. The highest BCUT2D eigenvalue weighted by atomic mass is 32.2. The van der Waals surface area contributed by atoms with Crippen molar-refractivity contribution in [2.45, 2.75) is 17.6 Å². The van der Waals surface area contributed by atoms with Crippen LogP contribution in [0.5, 0.6) is 0 Å². The third kappa shape index (κ3) is 3.78. The molecule has 0 fully saturated rings. The molecule has 0 heterocycles. The van der Waals surface area contributed by atoms with E-state index in [0.717, 1.165) is 0 Å². The molecule has 0 amide bonds. The van der Waals surface area contributed by atoms with Crippen molar-refractivity contribution in [1.29, 1.82) is 0 Å². The summed E-state index contributed by atoms with van der Waals surface area (Å²) in [6.45, 7) is 1.38. The van der Waals surface area contributed by atoms with E-state index in [1.54, 1.807) is 25.1 Å². The molecule has 0 saturated carbocycles. The highest BCUT2D eigenvalue weighted by molar-refractivity contribution is 7.86. The number of ether oxygens (including phenoxy) is 2. The van der Waals surface area contributed by atoms with E-state index in [9.17, 15) is 8.42 Å². The highest BCUT2D eigenvalue weighted by Crippen LogP contribution is 2.16. The Morgan fingerprint density at radius 1 is 1.12 bits per heavy atom. The van der Waals surface area contributed by atoms with Gasteiger partial charge in [0, 0.05) is 14.2 Å². The van der Waals surface area contributed by atoms with Crippen molar-refractivity contribution < 1.29 is 22.1 Å². The second-order valence-corrected chi connectivity index (χ2v) is 5.19. The van der Waals surface area contributed by atoms with E-state index in [-0.39, 0.29) is 11.5 Å². The molecule has 0 bridgehead atoms. The molecule has 0 unspecified atom stereocenters. The number of methoxy groups -OCH3 is 2. The monoisotopic (exact) mass is 260 g/mol. The van der Waals surface area contributed by atoms with Gasteiger partial charge in [0.2, 0.25) is 0 Å². The Balaban J connectivity index is 2.76. The van der Waals surface area contributed by atoms with Gasteiger partial charge in [-0.2, -0.15) is 8.42 Å². The molecule has 1 aromatic rings. The fourth-order valence-electron chi connectivity index (χ4n) is 1.04. The predicted molar refractivity (Wildman–Crippen MR) is 62.0 cm³/mol. The van der Waals surface area contributed by atoms with Crippen LogP contribution in [0.25, 0.3) is 0 Å². The van der Waals surface area contributed by atoms with E-state index in [4.69, 9.17) is 13.7 Å². The lowest BCUT2D eigenvalue weighted by molar-refractivity contribution is -0.208. The minimum Gasteiger partial charge on any atom is -0.351 e. The maximum atomic E-state index is 11.8. The Labute approximate surface area is 101 Å². The van der Waals surface area contributed by atoms with Gasteiger partial charge < -0.3 is 9.47 Å². The molecule has 0 aromatic heterocycles. The van der Waals surface area contributed by atoms with Gasteiger partial charge in [0.15, 0.2) is 5.79 Å². The first-order valence-corrected chi connectivity index (χ1v) is 6.39. The molecule has 1 rings (SSSR count).